The average Bonchev–Trinajstić information content (AvgIpc) is 3.06. The Hall–Kier alpha value is -2.01. The van der Waals surface area contributed by atoms with Crippen molar-refractivity contribution in [2.75, 3.05) is 12.4 Å². The van der Waals surface area contributed by atoms with Crippen LogP contribution in [0.5, 0.6) is 5.88 Å². The minimum absolute atomic E-state index is 0.555. The second-order valence-electron chi connectivity index (χ2n) is 5.25. The van der Waals surface area contributed by atoms with E-state index in [0.717, 1.165) is 16.3 Å². The fourth-order valence-corrected chi connectivity index (χ4v) is 3.03. The van der Waals surface area contributed by atoms with Crippen LogP contribution in [0.3, 0.4) is 0 Å². The zero-order valence-corrected chi connectivity index (χ0v) is 13.3. The third kappa shape index (κ3) is 2.74. The molecule has 0 unspecified atom stereocenters. The van der Waals surface area contributed by atoms with E-state index in [0.29, 0.717) is 18.3 Å². The number of anilines is 1. The highest BCUT2D eigenvalue weighted by Gasteiger charge is 2.13. The molecule has 0 aliphatic heterocycles. The molecule has 110 valence electrons. The molecule has 3 rings (SSSR count). The van der Waals surface area contributed by atoms with Crippen LogP contribution in [0, 0.1) is 0 Å². The van der Waals surface area contributed by atoms with Crippen molar-refractivity contribution in [3.8, 4) is 5.88 Å². The van der Waals surface area contributed by atoms with E-state index >= 15 is 0 Å². The Morgan fingerprint density at radius 2 is 2.05 bits per heavy atom. The first-order valence-electron chi connectivity index (χ1n) is 7.01. The minimum atomic E-state index is 0.555. The van der Waals surface area contributed by atoms with Crippen molar-refractivity contribution >= 4 is 22.0 Å². The molecule has 3 aromatic rings. The van der Waals surface area contributed by atoms with Crippen molar-refractivity contribution in [2.45, 2.75) is 26.3 Å². The number of hydrogen-bond donors (Lipinski definition) is 1. The lowest BCUT2D eigenvalue weighted by Crippen LogP contribution is -2.03. The summed E-state index contributed by atoms with van der Waals surface area (Å²) in [5, 5.41) is 5.46. The van der Waals surface area contributed by atoms with Crippen molar-refractivity contribution < 1.29 is 4.74 Å². The summed E-state index contributed by atoms with van der Waals surface area (Å²) in [5.74, 6) is 1.24. The maximum absolute atomic E-state index is 5.36. The van der Waals surface area contributed by atoms with E-state index in [1.807, 2.05) is 11.6 Å². The number of thiazole rings is 1. The summed E-state index contributed by atoms with van der Waals surface area (Å²) in [6.45, 7) is 5.09. The van der Waals surface area contributed by atoms with Gasteiger partial charge in [0.05, 0.1) is 13.7 Å². The van der Waals surface area contributed by atoms with Gasteiger partial charge in [-0.25, -0.2) is 0 Å². The van der Waals surface area contributed by atoms with Crippen molar-refractivity contribution in [3.63, 3.8) is 0 Å². The van der Waals surface area contributed by atoms with Crippen molar-refractivity contribution in [3.05, 3.63) is 47.1 Å². The van der Waals surface area contributed by atoms with Crippen LogP contribution in [0.4, 0.5) is 5.69 Å². The Morgan fingerprint density at radius 1 is 1.29 bits per heavy atom. The van der Waals surface area contributed by atoms with Gasteiger partial charge in [-0.2, -0.15) is 4.98 Å². The molecule has 0 saturated carbocycles. The van der Waals surface area contributed by atoms with Crippen LogP contribution in [0.1, 0.15) is 31.0 Å². The van der Waals surface area contributed by atoms with Crippen LogP contribution in [-0.2, 0) is 6.54 Å². The van der Waals surface area contributed by atoms with Gasteiger partial charge >= 0.3 is 0 Å². The molecule has 0 aliphatic rings. The van der Waals surface area contributed by atoms with Crippen LogP contribution in [0.15, 0.2) is 35.8 Å². The van der Waals surface area contributed by atoms with Gasteiger partial charge in [0.15, 0.2) is 4.96 Å². The number of nitrogens with zero attached hydrogens (tertiary/aromatic N) is 2. The normalized spacial score (nSPS) is 11.2. The van der Waals surface area contributed by atoms with Gasteiger partial charge in [-0.3, -0.25) is 4.40 Å². The number of imidazole rings is 1. The first kappa shape index (κ1) is 13.9. The van der Waals surface area contributed by atoms with Crippen molar-refractivity contribution in [2.24, 2.45) is 0 Å². The Kier molecular flexibility index (Phi) is 3.84. The van der Waals surface area contributed by atoms with Crippen LogP contribution in [0.25, 0.3) is 4.96 Å². The number of fused-ring (bicyclic) bond motifs is 1. The number of ether oxygens (including phenoxy) is 1. The number of aromatic nitrogens is 2. The van der Waals surface area contributed by atoms with E-state index in [9.17, 15) is 0 Å². The molecule has 2 aromatic heterocycles. The summed E-state index contributed by atoms with van der Waals surface area (Å²) in [4.78, 5) is 5.42. The highest BCUT2D eigenvalue weighted by Crippen LogP contribution is 2.24. The molecule has 0 saturated heterocycles. The molecule has 0 aliphatic carbocycles. The van der Waals surface area contributed by atoms with Crippen molar-refractivity contribution in [1.29, 1.82) is 0 Å². The van der Waals surface area contributed by atoms with Gasteiger partial charge in [-0.05, 0) is 23.6 Å². The molecule has 0 spiro atoms. The Morgan fingerprint density at radius 3 is 2.71 bits per heavy atom. The molecule has 0 bridgehead atoms. The lowest BCUT2D eigenvalue weighted by atomic mass is 10.0. The predicted molar refractivity (Wildman–Crippen MR) is 87.5 cm³/mol. The highest BCUT2D eigenvalue weighted by molar-refractivity contribution is 7.15. The van der Waals surface area contributed by atoms with Crippen LogP contribution in [0.2, 0.25) is 0 Å². The molecule has 1 N–H and O–H groups in total. The zero-order chi connectivity index (χ0) is 14.8. The van der Waals surface area contributed by atoms with E-state index < -0.39 is 0 Å². The van der Waals surface area contributed by atoms with Crippen LogP contribution in [-0.4, -0.2) is 16.5 Å². The monoisotopic (exact) mass is 301 g/mol. The Labute approximate surface area is 128 Å². The third-order valence-corrected chi connectivity index (χ3v) is 4.31. The molecular weight excluding hydrogens is 282 g/mol. The lowest BCUT2D eigenvalue weighted by molar-refractivity contribution is 0.395. The molecular formula is C16H19N3OS. The molecule has 4 nitrogen and oxygen atoms in total. The van der Waals surface area contributed by atoms with Gasteiger partial charge in [0.25, 0.3) is 0 Å². The van der Waals surface area contributed by atoms with Crippen molar-refractivity contribution in [1.82, 2.24) is 9.38 Å². The van der Waals surface area contributed by atoms with Crippen LogP contribution >= 0.6 is 11.3 Å². The smallest absolute Gasteiger partial charge is 0.238 e. The lowest BCUT2D eigenvalue weighted by Gasteiger charge is -2.09. The number of nitrogens with one attached hydrogen (secondary N) is 1. The summed E-state index contributed by atoms with van der Waals surface area (Å²) in [6.07, 6.45) is 2.02. The Balaban J connectivity index is 1.78. The Bertz CT molecular complexity index is 728. The van der Waals surface area contributed by atoms with Gasteiger partial charge in [-0.15, -0.1) is 11.3 Å². The minimum Gasteiger partial charge on any atom is -0.480 e. The topological polar surface area (TPSA) is 38.6 Å². The molecule has 21 heavy (non-hydrogen) atoms. The second-order valence-corrected chi connectivity index (χ2v) is 6.13. The molecule has 0 amide bonds. The fourth-order valence-electron chi connectivity index (χ4n) is 2.31. The maximum atomic E-state index is 5.36. The summed E-state index contributed by atoms with van der Waals surface area (Å²) in [7, 11) is 1.66. The summed E-state index contributed by atoms with van der Waals surface area (Å²) < 4.78 is 7.43. The van der Waals surface area contributed by atoms with E-state index in [4.69, 9.17) is 4.74 Å². The average molecular weight is 301 g/mol. The molecule has 2 heterocycles. The van der Waals surface area contributed by atoms with E-state index in [1.165, 1.54) is 5.56 Å². The molecule has 0 fully saturated rings. The summed E-state index contributed by atoms with van der Waals surface area (Å²) >= 11 is 1.61. The van der Waals surface area contributed by atoms with Crippen LogP contribution < -0.4 is 10.1 Å². The van der Waals surface area contributed by atoms with E-state index in [-0.39, 0.29) is 0 Å². The van der Waals surface area contributed by atoms with Gasteiger partial charge in [0, 0.05) is 17.3 Å². The van der Waals surface area contributed by atoms with Gasteiger partial charge < -0.3 is 10.1 Å². The fraction of sp³-hybridized carbons (Fsp3) is 0.312. The van der Waals surface area contributed by atoms with Gasteiger partial charge in [0.2, 0.25) is 5.88 Å². The first-order valence-corrected chi connectivity index (χ1v) is 7.89. The molecule has 0 atom stereocenters. The second kappa shape index (κ2) is 5.77. The highest BCUT2D eigenvalue weighted by atomic mass is 32.1. The largest absolute Gasteiger partial charge is 0.480 e. The van der Waals surface area contributed by atoms with E-state index in [2.05, 4.69) is 52.8 Å². The maximum Gasteiger partial charge on any atom is 0.238 e. The zero-order valence-electron chi connectivity index (χ0n) is 12.5. The van der Waals surface area contributed by atoms with E-state index in [1.54, 1.807) is 18.4 Å². The third-order valence-electron chi connectivity index (χ3n) is 3.55. The van der Waals surface area contributed by atoms with Gasteiger partial charge in [0.1, 0.15) is 5.69 Å². The number of methoxy groups -OCH3 is 1. The molecule has 1 aromatic carbocycles. The quantitative estimate of drug-likeness (QED) is 0.769. The SMILES string of the molecule is COc1nc2sccn2c1CNc1ccc(C(C)C)cc1. The number of rotatable bonds is 5. The predicted octanol–water partition coefficient (Wildman–Crippen LogP) is 4.14. The molecule has 0 radical (unpaired) electrons. The summed E-state index contributed by atoms with van der Waals surface area (Å²) in [5.41, 5.74) is 3.50. The van der Waals surface area contributed by atoms with Gasteiger partial charge in [-0.1, -0.05) is 26.0 Å². The number of benzene rings is 1. The first-order chi connectivity index (χ1) is 10.2. The molecule has 5 heteroatoms. The number of hydrogen-bond acceptors (Lipinski definition) is 4. The standard InChI is InChI=1S/C16H19N3OS/c1-11(2)12-4-6-13(7-5-12)17-10-14-15(20-3)18-16-19(14)8-9-21-16/h4-9,11,17H,10H2,1-3H3. The summed E-state index contributed by atoms with van der Waals surface area (Å²) in [6, 6.07) is 8.57.